The number of aliphatic carboxylic acids is 1. The van der Waals surface area contributed by atoms with Crippen molar-refractivity contribution in [3.8, 4) is 0 Å². The van der Waals surface area contributed by atoms with E-state index in [1.165, 1.54) is 96.3 Å². The fraction of sp³-hybridized carbons (Fsp3) is 0.868. The Morgan fingerprint density at radius 2 is 1.00 bits per heavy atom. The first-order chi connectivity index (χ1) is 24.1. The van der Waals surface area contributed by atoms with E-state index in [2.05, 4.69) is 30.5 Å². The highest BCUT2D eigenvalue weighted by Gasteiger charge is 2.28. The summed E-state index contributed by atoms with van der Waals surface area (Å²) in [6.45, 7) is 2.76. The normalized spacial score (nSPS) is 14.0. The minimum atomic E-state index is -4.70. The molecule has 0 aromatic heterocycles. The molecule has 0 amide bonds. The lowest BCUT2D eigenvalue weighted by molar-refractivity contribution is -0.161. The Hall–Kier alpha value is -1.78. The van der Waals surface area contributed by atoms with Crippen molar-refractivity contribution >= 4 is 25.7 Å². The van der Waals surface area contributed by atoms with Crippen LogP contribution in [-0.2, 0) is 37.5 Å². The number of rotatable bonds is 37. The summed E-state index contributed by atoms with van der Waals surface area (Å²) >= 11 is 0. The van der Waals surface area contributed by atoms with Gasteiger partial charge in [0.05, 0.1) is 13.2 Å². The van der Waals surface area contributed by atoms with E-state index in [0.29, 0.717) is 12.8 Å². The number of allylic oxidation sites excluding steroid dienone is 2. The lowest BCUT2D eigenvalue weighted by Gasteiger charge is -2.20. The summed E-state index contributed by atoms with van der Waals surface area (Å²) in [7, 11) is -4.70. The van der Waals surface area contributed by atoms with Crippen LogP contribution in [0.4, 0.5) is 0 Å². The van der Waals surface area contributed by atoms with Gasteiger partial charge in [-0.3, -0.25) is 23.4 Å². The van der Waals surface area contributed by atoms with Gasteiger partial charge < -0.3 is 25.2 Å². The molecule has 11 nitrogen and oxygen atoms in total. The maximum Gasteiger partial charge on any atom is 0.472 e. The van der Waals surface area contributed by atoms with Crippen molar-refractivity contribution in [2.45, 2.75) is 193 Å². The molecule has 0 spiro atoms. The predicted molar refractivity (Wildman–Crippen MR) is 199 cm³/mol. The van der Waals surface area contributed by atoms with Crippen LogP contribution in [-0.4, -0.2) is 59.9 Å². The number of carbonyl (C=O) groups is 3. The van der Waals surface area contributed by atoms with Crippen molar-refractivity contribution < 1.29 is 47.5 Å². The number of esters is 2. The molecule has 4 N–H and O–H groups in total. The Kier molecular flexibility index (Phi) is 33.1. The fourth-order valence-corrected chi connectivity index (χ4v) is 6.13. The highest BCUT2D eigenvalue weighted by atomic mass is 31.2. The third kappa shape index (κ3) is 33.4. The van der Waals surface area contributed by atoms with Gasteiger partial charge in [-0.15, -0.1) is 0 Å². The van der Waals surface area contributed by atoms with Crippen LogP contribution >= 0.6 is 7.82 Å². The van der Waals surface area contributed by atoms with Crippen molar-refractivity contribution in [2.24, 2.45) is 5.73 Å². The van der Waals surface area contributed by atoms with E-state index in [9.17, 15) is 23.8 Å². The van der Waals surface area contributed by atoms with E-state index in [-0.39, 0.29) is 19.4 Å². The monoisotopic (exact) mass is 733 g/mol. The molecular formula is C38H72NO10P. The smallest absolute Gasteiger partial charge is 0.472 e. The number of carboxylic acids is 1. The van der Waals surface area contributed by atoms with Crippen LogP contribution in [0.15, 0.2) is 12.2 Å². The summed E-state index contributed by atoms with van der Waals surface area (Å²) in [5.41, 5.74) is 5.31. The second-order valence-electron chi connectivity index (χ2n) is 13.4. The van der Waals surface area contributed by atoms with Crippen LogP contribution < -0.4 is 5.73 Å². The third-order valence-corrected chi connectivity index (χ3v) is 9.46. The third-order valence-electron chi connectivity index (χ3n) is 8.51. The number of carboxylic acid groups (broad SMARTS) is 1. The Bertz CT molecular complexity index is 916. The van der Waals surface area contributed by atoms with Crippen molar-refractivity contribution in [1.29, 1.82) is 0 Å². The molecule has 0 aromatic rings. The number of unbranched alkanes of at least 4 members (excludes halogenated alkanes) is 21. The van der Waals surface area contributed by atoms with Crippen molar-refractivity contribution in [3.05, 3.63) is 12.2 Å². The van der Waals surface area contributed by atoms with Crippen LogP contribution in [0.3, 0.4) is 0 Å². The van der Waals surface area contributed by atoms with E-state index in [1.54, 1.807) is 0 Å². The molecule has 3 unspecified atom stereocenters. The van der Waals surface area contributed by atoms with E-state index in [0.717, 1.165) is 44.9 Å². The zero-order valence-electron chi connectivity index (χ0n) is 31.5. The Balaban J connectivity index is 4.37. The molecule has 0 fully saturated rings. The molecule has 0 aliphatic heterocycles. The second kappa shape index (κ2) is 34.3. The number of hydrogen-bond donors (Lipinski definition) is 3. The summed E-state index contributed by atoms with van der Waals surface area (Å²) in [5, 5.41) is 8.85. The van der Waals surface area contributed by atoms with Gasteiger partial charge in [0.1, 0.15) is 12.6 Å². The zero-order chi connectivity index (χ0) is 37.1. The van der Waals surface area contributed by atoms with Gasteiger partial charge in [0.25, 0.3) is 0 Å². The molecule has 0 saturated heterocycles. The van der Waals surface area contributed by atoms with Gasteiger partial charge in [-0.1, -0.05) is 142 Å². The summed E-state index contributed by atoms with van der Waals surface area (Å²) in [5.74, 6) is -2.38. The molecule has 0 heterocycles. The summed E-state index contributed by atoms with van der Waals surface area (Å²) in [6.07, 6.45) is 31.4. The first-order valence-electron chi connectivity index (χ1n) is 19.7. The standard InChI is InChI=1S/C38H72NO10P/c1-3-5-7-9-11-13-14-15-16-17-18-19-20-22-24-26-28-30-37(41)49-34(32-47-50(44,45)48-33-35(39)38(42)43)31-46-36(40)29-27-25-23-21-12-10-8-6-4-2/h15-16,34-35H,3-14,17-33,39H2,1-2H3,(H,42,43)(H,44,45)/b16-15-. The van der Waals surface area contributed by atoms with E-state index in [1.807, 2.05) is 0 Å². The Morgan fingerprint density at radius 3 is 1.46 bits per heavy atom. The van der Waals surface area contributed by atoms with Crippen LogP contribution in [0.1, 0.15) is 181 Å². The molecule has 294 valence electrons. The van der Waals surface area contributed by atoms with E-state index >= 15 is 0 Å². The second-order valence-corrected chi connectivity index (χ2v) is 14.9. The Morgan fingerprint density at radius 1 is 0.600 bits per heavy atom. The van der Waals surface area contributed by atoms with Gasteiger partial charge in [0, 0.05) is 12.8 Å². The number of ether oxygens (including phenoxy) is 2. The number of hydrogen-bond acceptors (Lipinski definition) is 9. The highest BCUT2D eigenvalue weighted by molar-refractivity contribution is 7.47. The maximum absolute atomic E-state index is 12.6. The molecule has 12 heteroatoms. The quantitative estimate of drug-likeness (QED) is 0.0240. The van der Waals surface area contributed by atoms with Gasteiger partial charge in [-0.05, 0) is 38.5 Å². The maximum atomic E-state index is 12.6. The van der Waals surface area contributed by atoms with Gasteiger partial charge in [0.15, 0.2) is 6.10 Å². The largest absolute Gasteiger partial charge is 0.480 e. The Labute approximate surface area is 303 Å². The van der Waals surface area contributed by atoms with Crippen LogP contribution in [0.2, 0.25) is 0 Å². The average Bonchev–Trinajstić information content (AvgIpc) is 3.09. The lowest BCUT2D eigenvalue weighted by atomic mass is 10.1. The van der Waals surface area contributed by atoms with E-state index in [4.69, 9.17) is 24.8 Å². The molecule has 0 aliphatic carbocycles. The van der Waals surface area contributed by atoms with Crippen molar-refractivity contribution in [3.63, 3.8) is 0 Å². The van der Waals surface area contributed by atoms with E-state index < -0.39 is 51.1 Å². The molecular weight excluding hydrogens is 661 g/mol. The first-order valence-corrected chi connectivity index (χ1v) is 21.2. The molecule has 0 bridgehead atoms. The van der Waals surface area contributed by atoms with Gasteiger partial charge >= 0.3 is 25.7 Å². The molecule has 0 aromatic carbocycles. The molecule has 0 saturated carbocycles. The number of phosphoric ester groups is 1. The minimum absolute atomic E-state index is 0.160. The molecule has 0 rings (SSSR count). The van der Waals surface area contributed by atoms with Gasteiger partial charge in [0.2, 0.25) is 0 Å². The van der Waals surface area contributed by atoms with Crippen LogP contribution in [0.5, 0.6) is 0 Å². The number of nitrogens with two attached hydrogens (primary N) is 1. The average molecular weight is 734 g/mol. The predicted octanol–water partition coefficient (Wildman–Crippen LogP) is 9.73. The topological polar surface area (TPSA) is 172 Å². The van der Waals surface area contributed by atoms with Gasteiger partial charge in [-0.2, -0.15) is 0 Å². The zero-order valence-corrected chi connectivity index (χ0v) is 32.4. The minimum Gasteiger partial charge on any atom is -0.480 e. The van der Waals surface area contributed by atoms with Crippen molar-refractivity contribution in [1.82, 2.24) is 0 Å². The van der Waals surface area contributed by atoms with Crippen LogP contribution in [0.25, 0.3) is 0 Å². The van der Waals surface area contributed by atoms with Crippen molar-refractivity contribution in [2.75, 3.05) is 19.8 Å². The lowest BCUT2D eigenvalue weighted by Crippen LogP contribution is -2.34. The first kappa shape index (κ1) is 48.2. The molecule has 50 heavy (non-hydrogen) atoms. The van der Waals surface area contributed by atoms with Crippen LogP contribution in [0, 0.1) is 0 Å². The number of carbonyl (C=O) groups excluding carboxylic acids is 2. The molecule has 0 aliphatic rings. The molecule has 0 radical (unpaired) electrons. The SMILES string of the molecule is CCCCCCCC/C=C\CCCCCCCCCC(=O)OC(COC(=O)CCCCCCCCCCC)COP(=O)(O)OCC(N)C(=O)O. The highest BCUT2D eigenvalue weighted by Crippen LogP contribution is 2.43. The molecule has 3 atom stereocenters. The summed E-state index contributed by atoms with van der Waals surface area (Å²) in [6, 6.07) is -1.52. The summed E-state index contributed by atoms with van der Waals surface area (Å²) in [4.78, 5) is 45.7. The fourth-order valence-electron chi connectivity index (χ4n) is 5.35. The number of phosphoric acid groups is 1. The van der Waals surface area contributed by atoms with Gasteiger partial charge in [-0.25, -0.2) is 4.57 Å². The summed E-state index contributed by atoms with van der Waals surface area (Å²) < 4.78 is 32.5.